The number of nitrogens with one attached hydrogen (secondary N) is 1. The summed E-state index contributed by atoms with van der Waals surface area (Å²) in [6.45, 7) is 5.13. The Kier molecular flexibility index (Phi) is 5.94. The van der Waals surface area contributed by atoms with Gasteiger partial charge in [0.2, 0.25) is 11.9 Å². The normalized spacial score (nSPS) is 14.2. The molecule has 2 rings (SSSR count). The summed E-state index contributed by atoms with van der Waals surface area (Å²) in [5, 5.41) is 2.26. The van der Waals surface area contributed by atoms with E-state index in [4.69, 9.17) is 10.5 Å². The Labute approximate surface area is 156 Å². The molecule has 0 aliphatic carbocycles. The average Bonchev–Trinajstić information content (AvgIpc) is 2.78. The van der Waals surface area contributed by atoms with Gasteiger partial charge in [-0.3, -0.25) is 24.6 Å². The lowest BCUT2D eigenvalue weighted by molar-refractivity contribution is -0.119. The molecule has 9 heteroatoms. The van der Waals surface area contributed by atoms with Crippen LogP contribution in [0.5, 0.6) is 0 Å². The molecule has 0 saturated carbocycles. The van der Waals surface area contributed by atoms with E-state index in [1.165, 1.54) is 0 Å². The molecule has 1 aliphatic heterocycles. The van der Waals surface area contributed by atoms with E-state index in [1.54, 1.807) is 45.0 Å². The molecule has 0 saturated heterocycles. The van der Waals surface area contributed by atoms with Crippen molar-refractivity contribution in [1.29, 1.82) is 0 Å². The summed E-state index contributed by atoms with van der Waals surface area (Å²) in [5.41, 5.74) is 5.49. The molecular weight excluding hydrogens is 352 g/mol. The van der Waals surface area contributed by atoms with Crippen LogP contribution in [0, 0.1) is 0 Å². The van der Waals surface area contributed by atoms with Crippen LogP contribution in [0.15, 0.2) is 29.3 Å². The molecule has 9 nitrogen and oxygen atoms in total. The zero-order valence-electron chi connectivity index (χ0n) is 15.4. The molecule has 0 fully saturated rings. The fourth-order valence-corrected chi connectivity index (χ4v) is 2.46. The molecular formula is C18H22N4O5. The van der Waals surface area contributed by atoms with E-state index in [0.29, 0.717) is 11.1 Å². The lowest BCUT2D eigenvalue weighted by Gasteiger charge is -2.17. The van der Waals surface area contributed by atoms with Gasteiger partial charge in [-0.1, -0.05) is 12.1 Å². The first-order chi connectivity index (χ1) is 12.6. The number of nitrogens with zero attached hydrogens (tertiary/aromatic N) is 2. The standard InChI is InChI=1S/C18H22N4O5/c1-18(2,3)27-17(26)21-16(19)20-13(23)9-6-10-22-14(24)11-7-4-5-8-12(11)15(22)25/h4-5,7-8H,6,9-10H2,1-3H3,(H3,19,20,21,23,26). The number of rotatable bonds is 4. The smallest absolute Gasteiger partial charge is 0.437 e. The zero-order chi connectivity index (χ0) is 20.2. The molecule has 144 valence electrons. The van der Waals surface area contributed by atoms with Gasteiger partial charge in [-0.25, -0.2) is 4.79 Å². The first kappa shape index (κ1) is 20.1. The third-order valence-electron chi connectivity index (χ3n) is 3.54. The third kappa shape index (κ3) is 5.37. The number of hydrogen-bond acceptors (Lipinski definition) is 5. The second-order valence-corrected chi connectivity index (χ2v) is 6.94. The van der Waals surface area contributed by atoms with Gasteiger partial charge in [-0.05, 0) is 39.3 Å². The minimum atomic E-state index is -0.911. The minimum Gasteiger partial charge on any atom is -0.442 e. The maximum atomic E-state index is 12.2. The summed E-state index contributed by atoms with van der Waals surface area (Å²) in [6.07, 6.45) is -0.666. The number of amides is 4. The summed E-state index contributed by atoms with van der Waals surface area (Å²) in [4.78, 5) is 52.3. The van der Waals surface area contributed by atoms with Gasteiger partial charge in [0.1, 0.15) is 5.60 Å². The highest BCUT2D eigenvalue weighted by Crippen LogP contribution is 2.22. The zero-order valence-corrected chi connectivity index (χ0v) is 15.4. The SMILES string of the molecule is CC(C)(C)OC(=O)/N=C(\N)NC(=O)CCCN1C(=O)c2ccccc2C1=O. The van der Waals surface area contributed by atoms with Crippen molar-refractivity contribution < 1.29 is 23.9 Å². The molecule has 1 aliphatic rings. The van der Waals surface area contributed by atoms with Gasteiger partial charge in [0.25, 0.3) is 11.8 Å². The van der Waals surface area contributed by atoms with Gasteiger partial charge in [0.05, 0.1) is 11.1 Å². The number of aliphatic imine (C=N–C) groups is 1. The Balaban J connectivity index is 1.81. The molecule has 1 aromatic carbocycles. The molecule has 0 aromatic heterocycles. The van der Waals surface area contributed by atoms with Crippen LogP contribution in [0.4, 0.5) is 4.79 Å². The second kappa shape index (κ2) is 7.98. The van der Waals surface area contributed by atoms with Crippen LogP contribution < -0.4 is 11.1 Å². The van der Waals surface area contributed by atoms with Crippen molar-refractivity contribution in [1.82, 2.24) is 10.2 Å². The topological polar surface area (TPSA) is 131 Å². The van der Waals surface area contributed by atoms with E-state index in [1.807, 2.05) is 0 Å². The Morgan fingerprint density at radius 1 is 1.15 bits per heavy atom. The fraction of sp³-hybridized carbons (Fsp3) is 0.389. The number of carbonyl (C=O) groups is 4. The third-order valence-corrected chi connectivity index (χ3v) is 3.54. The van der Waals surface area contributed by atoms with Crippen molar-refractivity contribution in [3.8, 4) is 0 Å². The van der Waals surface area contributed by atoms with Crippen LogP contribution in [0.25, 0.3) is 0 Å². The fourth-order valence-electron chi connectivity index (χ4n) is 2.46. The molecule has 0 bridgehead atoms. The van der Waals surface area contributed by atoms with Crippen LogP contribution in [0.1, 0.15) is 54.3 Å². The Morgan fingerprint density at radius 3 is 2.22 bits per heavy atom. The van der Waals surface area contributed by atoms with Crippen molar-refractivity contribution >= 4 is 29.8 Å². The molecule has 1 aromatic rings. The van der Waals surface area contributed by atoms with Crippen LogP contribution in [-0.2, 0) is 9.53 Å². The number of imide groups is 1. The summed E-state index contributed by atoms with van der Waals surface area (Å²) in [5.74, 6) is -1.62. The van der Waals surface area contributed by atoms with E-state index in [-0.39, 0.29) is 37.2 Å². The van der Waals surface area contributed by atoms with Crippen LogP contribution in [0.3, 0.4) is 0 Å². The predicted molar refractivity (Wildman–Crippen MR) is 97.0 cm³/mol. The lowest BCUT2D eigenvalue weighted by Crippen LogP contribution is -2.38. The molecule has 0 radical (unpaired) electrons. The summed E-state index contributed by atoms with van der Waals surface area (Å²) in [6, 6.07) is 6.56. The van der Waals surface area contributed by atoms with Crippen LogP contribution in [0.2, 0.25) is 0 Å². The van der Waals surface area contributed by atoms with Crippen molar-refractivity contribution in [2.75, 3.05) is 6.54 Å². The average molecular weight is 374 g/mol. The van der Waals surface area contributed by atoms with E-state index in [2.05, 4.69) is 10.3 Å². The monoisotopic (exact) mass is 374 g/mol. The number of nitrogens with two attached hydrogens (primary N) is 1. The van der Waals surface area contributed by atoms with Gasteiger partial charge < -0.3 is 10.5 Å². The highest BCUT2D eigenvalue weighted by atomic mass is 16.6. The molecule has 27 heavy (non-hydrogen) atoms. The minimum absolute atomic E-state index is 0.00204. The van der Waals surface area contributed by atoms with Crippen LogP contribution in [-0.4, -0.2) is 46.8 Å². The van der Waals surface area contributed by atoms with E-state index < -0.39 is 17.6 Å². The van der Waals surface area contributed by atoms with Crippen molar-refractivity contribution in [3.05, 3.63) is 35.4 Å². The van der Waals surface area contributed by atoms with Crippen LogP contribution >= 0.6 is 0 Å². The second-order valence-electron chi connectivity index (χ2n) is 6.94. The van der Waals surface area contributed by atoms with Gasteiger partial charge in [-0.2, -0.15) is 0 Å². The van der Waals surface area contributed by atoms with Crippen molar-refractivity contribution in [3.63, 3.8) is 0 Å². The molecule has 0 spiro atoms. The maximum Gasteiger partial charge on any atom is 0.437 e. The Hall–Kier alpha value is -3.23. The first-order valence-corrected chi connectivity index (χ1v) is 8.40. The Morgan fingerprint density at radius 2 is 1.70 bits per heavy atom. The maximum absolute atomic E-state index is 12.2. The van der Waals surface area contributed by atoms with Gasteiger partial charge in [0.15, 0.2) is 0 Å². The number of benzene rings is 1. The van der Waals surface area contributed by atoms with E-state index in [9.17, 15) is 19.2 Å². The number of guanidine groups is 1. The molecule has 4 amide bonds. The largest absolute Gasteiger partial charge is 0.442 e. The van der Waals surface area contributed by atoms with E-state index >= 15 is 0 Å². The molecule has 3 N–H and O–H groups in total. The Bertz CT molecular complexity index is 775. The number of fused-ring (bicyclic) bond motifs is 1. The quantitative estimate of drug-likeness (QED) is 0.466. The summed E-state index contributed by atoms with van der Waals surface area (Å²) in [7, 11) is 0. The molecule has 1 heterocycles. The van der Waals surface area contributed by atoms with Gasteiger partial charge in [-0.15, -0.1) is 4.99 Å². The van der Waals surface area contributed by atoms with Crippen molar-refractivity contribution in [2.45, 2.75) is 39.2 Å². The highest BCUT2D eigenvalue weighted by Gasteiger charge is 2.34. The van der Waals surface area contributed by atoms with Gasteiger partial charge >= 0.3 is 6.09 Å². The molecule has 0 atom stereocenters. The first-order valence-electron chi connectivity index (χ1n) is 8.40. The summed E-state index contributed by atoms with van der Waals surface area (Å²) < 4.78 is 4.95. The predicted octanol–water partition coefficient (Wildman–Crippen LogP) is 1.43. The summed E-state index contributed by atoms with van der Waals surface area (Å²) >= 11 is 0. The van der Waals surface area contributed by atoms with Crippen molar-refractivity contribution in [2.24, 2.45) is 10.7 Å². The number of hydrogen-bond donors (Lipinski definition) is 2. The number of ether oxygens (including phenoxy) is 1. The van der Waals surface area contributed by atoms with Gasteiger partial charge in [0, 0.05) is 13.0 Å². The number of carbonyl (C=O) groups excluding carboxylic acids is 4. The molecule has 0 unspecified atom stereocenters. The lowest BCUT2D eigenvalue weighted by atomic mass is 10.1. The van der Waals surface area contributed by atoms with E-state index in [0.717, 1.165) is 4.90 Å². The highest BCUT2D eigenvalue weighted by molar-refractivity contribution is 6.21.